The van der Waals surface area contributed by atoms with E-state index in [4.69, 9.17) is 40.2 Å². The van der Waals surface area contributed by atoms with Crippen LogP contribution in [0.5, 0.6) is 5.75 Å². The van der Waals surface area contributed by atoms with Gasteiger partial charge in [0.15, 0.2) is 10.9 Å². The lowest BCUT2D eigenvalue weighted by Crippen LogP contribution is -2.52. The number of amides is 2. The molecule has 3 aromatic carbocycles. The van der Waals surface area contributed by atoms with E-state index >= 15 is 0 Å². The van der Waals surface area contributed by atoms with Gasteiger partial charge in [-0.2, -0.15) is 0 Å². The Balaban J connectivity index is 1.58. The molecule has 4 rings (SSSR count). The minimum absolute atomic E-state index is 0.0273. The molecular formula is C24H18Cl2N2O3S. The summed E-state index contributed by atoms with van der Waals surface area (Å²) in [6, 6.07) is 17.3. The van der Waals surface area contributed by atoms with E-state index in [0.29, 0.717) is 11.3 Å². The van der Waals surface area contributed by atoms with Gasteiger partial charge in [0.1, 0.15) is 12.2 Å². The minimum Gasteiger partial charge on any atom is -0.486 e. The summed E-state index contributed by atoms with van der Waals surface area (Å²) in [5, 5.41) is 2.96. The van der Waals surface area contributed by atoms with Crippen LogP contribution >= 0.6 is 35.4 Å². The molecule has 1 aliphatic rings. The lowest BCUT2D eigenvalue weighted by Gasteiger charge is -2.31. The van der Waals surface area contributed by atoms with E-state index in [1.54, 1.807) is 12.1 Å². The molecule has 0 radical (unpaired) electrons. The van der Waals surface area contributed by atoms with Crippen molar-refractivity contribution in [2.45, 2.75) is 6.61 Å². The number of fused-ring (bicyclic) bond motifs is 1. The molecule has 0 aromatic heterocycles. The van der Waals surface area contributed by atoms with Crippen molar-refractivity contribution in [1.82, 2.24) is 9.80 Å². The number of hydrogen-bond acceptors (Lipinski definition) is 4. The zero-order valence-electron chi connectivity index (χ0n) is 17.3. The van der Waals surface area contributed by atoms with Crippen LogP contribution < -0.4 is 4.74 Å². The normalized spacial score (nSPS) is 14.4. The second-order valence-electron chi connectivity index (χ2n) is 7.35. The van der Waals surface area contributed by atoms with E-state index in [0.717, 1.165) is 16.3 Å². The number of carbonyl (C=O) groups excluding carboxylic acids is 2. The van der Waals surface area contributed by atoms with Crippen LogP contribution in [0, 0.1) is 0 Å². The molecule has 0 N–H and O–H groups in total. The van der Waals surface area contributed by atoms with Crippen LogP contribution in [0.3, 0.4) is 0 Å². The van der Waals surface area contributed by atoms with Crippen molar-refractivity contribution in [2.75, 3.05) is 14.1 Å². The first-order valence-corrected chi connectivity index (χ1v) is 10.8. The van der Waals surface area contributed by atoms with Crippen molar-refractivity contribution >= 4 is 69.2 Å². The summed E-state index contributed by atoms with van der Waals surface area (Å²) in [6.07, 6.45) is 1.45. The molecule has 8 heteroatoms. The van der Waals surface area contributed by atoms with Crippen LogP contribution in [-0.4, -0.2) is 40.8 Å². The highest BCUT2D eigenvalue weighted by Gasteiger charge is 2.35. The molecule has 0 saturated carbocycles. The van der Waals surface area contributed by atoms with Crippen molar-refractivity contribution in [3.8, 4) is 5.75 Å². The lowest BCUT2D eigenvalue weighted by molar-refractivity contribution is -0.132. The predicted molar refractivity (Wildman–Crippen MR) is 131 cm³/mol. The van der Waals surface area contributed by atoms with Crippen LogP contribution in [0.15, 0.2) is 60.2 Å². The molecule has 3 aromatic rings. The largest absolute Gasteiger partial charge is 0.486 e. The molecule has 0 atom stereocenters. The molecule has 1 heterocycles. The fraction of sp³-hybridized carbons (Fsp3) is 0.125. The first-order valence-electron chi connectivity index (χ1n) is 9.67. The zero-order valence-corrected chi connectivity index (χ0v) is 19.6. The van der Waals surface area contributed by atoms with Crippen molar-refractivity contribution in [3.63, 3.8) is 0 Å². The quantitative estimate of drug-likeness (QED) is 0.285. The minimum atomic E-state index is -0.484. The molecule has 5 nitrogen and oxygen atoms in total. The standard InChI is InChI=1S/C24H18Cl2N2O3S/c1-27-22(29)18(23(30)28(2)24(27)32)10-15-11-19(25)21(20(26)12-15)31-13-14-7-8-16-5-3-4-6-17(16)9-14/h3-12H,13H2,1-2H3. The topological polar surface area (TPSA) is 49.9 Å². The number of hydrogen-bond donors (Lipinski definition) is 0. The van der Waals surface area contributed by atoms with E-state index in [1.165, 1.54) is 30.0 Å². The maximum atomic E-state index is 12.5. The average molecular weight is 485 g/mol. The van der Waals surface area contributed by atoms with Gasteiger partial charge in [0.2, 0.25) is 0 Å². The van der Waals surface area contributed by atoms with Crippen LogP contribution in [0.2, 0.25) is 10.0 Å². The molecule has 0 spiro atoms. The Morgan fingerprint density at radius 1 is 0.906 bits per heavy atom. The molecule has 162 valence electrons. The first kappa shape index (κ1) is 22.3. The summed E-state index contributed by atoms with van der Waals surface area (Å²) >= 11 is 17.9. The number of rotatable bonds is 4. The Kier molecular flexibility index (Phi) is 6.20. The highest BCUT2D eigenvalue weighted by atomic mass is 35.5. The van der Waals surface area contributed by atoms with Gasteiger partial charge in [-0.05, 0) is 58.4 Å². The van der Waals surface area contributed by atoms with Crippen LogP contribution in [-0.2, 0) is 16.2 Å². The maximum Gasteiger partial charge on any atom is 0.265 e. The van der Waals surface area contributed by atoms with Crippen molar-refractivity contribution in [3.05, 3.63) is 81.3 Å². The molecule has 0 bridgehead atoms. The van der Waals surface area contributed by atoms with E-state index < -0.39 is 11.8 Å². The summed E-state index contributed by atoms with van der Waals surface area (Å²) in [5.74, 6) is -0.635. The third-order valence-corrected chi connectivity index (χ3v) is 6.28. The molecule has 0 unspecified atom stereocenters. The van der Waals surface area contributed by atoms with E-state index in [-0.39, 0.29) is 27.3 Å². The summed E-state index contributed by atoms with van der Waals surface area (Å²) in [5.41, 5.74) is 1.45. The Labute approximate surface area is 200 Å². The van der Waals surface area contributed by atoms with Gasteiger partial charge in [0, 0.05) is 14.1 Å². The molecule has 0 aliphatic carbocycles. The Morgan fingerprint density at radius 3 is 2.12 bits per heavy atom. The number of nitrogens with zero attached hydrogens (tertiary/aromatic N) is 2. The van der Waals surface area contributed by atoms with Gasteiger partial charge in [-0.1, -0.05) is 59.6 Å². The number of ether oxygens (including phenoxy) is 1. The Hall–Kier alpha value is -2.93. The smallest absolute Gasteiger partial charge is 0.265 e. The second kappa shape index (κ2) is 8.90. The van der Waals surface area contributed by atoms with Crippen LogP contribution in [0.1, 0.15) is 11.1 Å². The van der Waals surface area contributed by atoms with Crippen LogP contribution in [0.25, 0.3) is 16.8 Å². The summed E-state index contributed by atoms with van der Waals surface area (Å²) in [4.78, 5) is 27.5. The fourth-order valence-corrected chi connectivity index (χ4v) is 4.21. The molecular weight excluding hydrogens is 467 g/mol. The highest BCUT2D eigenvalue weighted by Crippen LogP contribution is 2.36. The Bertz CT molecular complexity index is 1260. The zero-order chi connectivity index (χ0) is 23.0. The van der Waals surface area contributed by atoms with Crippen molar-refractivity contribution in [1.29, 1.82) is 0 Å². The number of carbonyl (C=O) groups is 2. The van der Waals surface area contributed by atoms with Gasteiger partial charge in [-0.25, -0.2) is 0 Å². The Morgan fingerprint density at radius 2 is 1.50 bits per heavy atom. The second-order valence-corrected chi connectivity index (χ2v) is 8.53. The van der Waals surface area contributed by atoms with Gasteiger partial charge in [-0.3, -0.25) is 19.4 Å². The number of thiocarbonyl (C=S) groups is 1. The van der Waals surface area contributed by atoms with Gasteiger partial charge >= 0.3 is 0 Å². The summed E-state index contributed by atoms with van der Waals surface area (Å²) < 4.78 is 5.89. The van der Waals surface area contributed by atoms with Gasteiger partial charge in [-0.15, -0.1) is 0 Å². The summed E-state index contributed by atoms with van der Waals surface area (Å²) in [7, 11) is 3.04. The third-order valence-electron chi connectivity index (χ3n) is 5.17. The fourth-order valence-electron chi connectivity index (χ4n) is 3.43. The predicted octanol–water partition coefficient (Wildman–Crippen LogP) is 5.32. The van der Waals surface area contributed by atoms with Crippen molar-refractivity contribution < 1.29 is 14.3 Å². The molecule has 32 heavy (non-hydrogen) atoms. The first-order chi connectivity index (χ1) is 15.3. The molecule has 2 amide bonds. The van der Waals surface area contributed by atoms with Gasteiger partial charge < -0.3 is 4.74 Å². The third kappa shape index (κ3) is 4.21. The maximum absolute atomic E-state index is 12.5. The van der Waals surface area contributed by atoms with E-state index in [9.17, 15) is 9.59 Å². The number of benzene rings is 3. The monoisotopic (exact) mass is 484 g/mol. The van der Waals surface area contributed by atoms with Gasteiger partial charge in [0.25, 0.3) is 11.8 Å². The van der Waals surface area contributed by atoms with Gasteiger partial charge in [0.05, 0.1) is 10.0 Å². The average Bonchev–Trinajstić information content (AvgIpc) is 2.78. The number of likely N-dealkylation sites (N-methyl/N-ethyl adjacent to an activating group) is 2. The summed E-state index contributed by atoms with van der Waals surface area (Å²) in [6.45, 7) is 0.286. The van der Waals surface area contributed by atoms with Crippen molar-refractivity contribution in [2.24, 2.45) is 0 Å². The molecule has 1 aliphatic heterocycles. The lowest BCUT2D eigenvalue weighted by atomic mass is 10.1. The van der Waals surface area contributed by atoms with E-state index in [2.05, 4.69) is 0 Å². The highest BCUT2D eigenvalue weighted by molar-refractivity contribution is 7.80. The van der Waals surface area contributed by atoms with Crippen LogP contribution in [0.4, 0.5) is 0 Å². The SMILES string of the molecule is CN1C(=O)C(=Cc2cc(Cl)c(OCc3ccc4ccccc4c3)c(Cl)c2)C(=O)N(C)C1=S. The number of halogens is 2. The molecule has 1 saturated heterocycles. The molecule has 1 fully saturated rings. The van der Waals surface area contributed by atoms with E-state index in [1.807, 2.05) is 42.5 Å².